The van der Waals surface area contributed by atoms with Gasteiger partial charge in [-0.15, -0.1) is 0 Å². The Labute approximate surface area is 152 Å². The van der Waals surface area contributed by atoms with Crippen LogP contribution in [0.15, 0.2) is 72.8 Å². The summed E-state index contributed by atoms with van der Waals surface area (Å²) in [6.45, 7) is 4.12. The fourth-order valence-corrected chi connectivity index (χ4v) is 3.68. The molecule has 0 radical (unpaired) electrons. The highest BCUT2D eigenvalue weighted by Crippen LogP contribution is 2.31. The fourth-order valence-electron chi connectivity index (χ4n) is 3.68. The fraction of sp³-hybridized carbons (Fsp3) is 0.0833. The van der Waals surface area contributed by atoms with Gasteiger partial charge in [-0.25, -0.2) is 9.97 Å². The molecule has 0 saturated heterocycles. The van der Waals surface area contributed by atoms with Crippen LogP contribution in [0.5, 0.6) is 0 Å². The highest BCUT2D eigenvalue weighted by atomic mass is 14.8. The Morgan fingerprint density at radius 1 is 0.615 bits per heavy atom. The van der Waals surface area contributed by atoms with Crippen molar-refractivity contribution in [2.75, 3.05) is 0 Å². The highest BCUT2D eigenvalue weighted by molar-refractivity contribution is 6.08. The summed E-state index contributed by atoms with van der Waals surface area (Å²) in [6, 6.07) is 25.7. The van der Waals surface area contributed by atoms with E-state index in [9.17, 15) is 0 Å². The van der Waals surface area contributed by atoms with Gasteiger partial charge in [0.2, 0.25) is 0 Å². The standard InChI is InChI=1S/C24H18N2/c1-15-7-12-22-23(13-15)25-16(2)24(26-22)19-11-10-18-9-8-17-5-3-4-6-20(17)21(18)14-19/h3-14H,1-2H3. The van der Waals surface area contributed by atoms with Gasteiger partial charge >= 0.3 is 0 Å². The SMILES string of the molecule is Cc1ccc2nc(-c3ccc4ccc5ccccc5c4c3)c(C)nc2c1. The molecule has 0 aliphatic heterocycles. The van der Waals surface area contributed by atoms with E-state index in [1.165, 1.54) is 27.1 Å². The van der Waals surface area contributed by atoms with Crippen molar-refractivity contribution in [2.24, 2.45) is 0 Å². The van der Waals surface area contributed by atoms with Gasteiger partial charge in [0.15, 0.2) is 0 Å². The van der Waals surface area contributed by atoms with Gasteiger partial charge in [-0.3, -0.25) is 0 Å². The zero-order valence-electron chi connectivity index (χ0n) is 14.8. The number of aromatic nitrogens is 2. The predicted octanol–water partition coefficient (Wildman–Crippen LogP) is 6.22. The summed E-state index contributed by atoms with van der Waals surface area (Å²) in [5, 5.41) is 5.03. The third kappa shape index (κ3) is 2.34. The molecule has 0 atom stereocenters. The van der Waals surface area contributed by atoms with E-state index in [-0.39, 0.29) is 0 Å². The molecule has 2 nitrogen and oxygen atoms in total. The Hall–Kier alpha value is -3.26. The minimum absolute atomic E-state index is 0.939. The Kier molecular flexibility index (Phi) is 3.26. The predicted molar refractivity (Wildman–Crippen MR) is 109 cm³/mol. The lowest BCUT2D eigenvalue weighted by Crippen LogP contribution is -1.95. The molecule has 0 saturated carbocycles. The van der Waals surface area contributed by atoms with E-state index in [0.29, 0.717) is 0 Å². The average molecular weight is 334 g/mol. The zero-order chi connectivity index (χ0) is 17.7. The first kappa shape index (κ1) is 15.0. The van der Waals surface area contributed by atoms with Crippen molar-refractivity contribution in [1.82, 2.24) is 9.97 Å². The molecule has 2 heteroatoms. The van der Waals surface area contributed by atoms with E-state index in [1.807, 2.05) is 6.92 Å². The van der Waals surface area contributed by atoms with Crippen LogP contribution in [0.1, 0.15) is 11.3 Å². The molecule has 1 aromatic heterocycles. The molecule has 0 bridgehead atoms. The van der Waals surface area contributed by atoms with Crippen LogP contribution in [0.25, 0.3) is 43.8 Å². The van der Waals surface area contributed by atoms with Crippen molar-refractivity contribution in [2.45, 2.75) is 13.8 Å². The van der Waals surface area contributed by atoms with Crippen LogP contribution in [0.4, 0.5) is 0 Å². The van der Waals surface area contributed by atoms with Crippen molar-refractivity contribution in [3.8, 4) is 11.3 Å². The minimum Gasteiger partial charge on any atom is -0.249 e. The maximum absolute atomic E-state index is 4.91. The molecule has 0 spiro atoms. The van der Waals surface area contributed by atoms with Crippen molar-refractivity contribution >= 4 is 32.6 Å². The molecule has 0 aliphatic rings. The lowest BCUT2D eigenvalue weighted by atomic mass is 9.98. The number of nitrogens with zero attached hydrogens (tertiary/aromatic N) is 2. The lowest BCUT2D eigenvalue weighted by Gasteiger charge is -2.10. The Morgan fingerprint density at radius 3 is 2.27 bits per heavy atom. The van der Waals surface area contributed by atoms with Crippen molar-refractivity contribution in [3.63, 3.8) is 0 Å². The van der Waals surface area contributed by atoms with Crippen molar-refractivity contribution < 1.29 is 0 Å². The summed E-state index contributed by atoms with van der Waals surface area (Å²) >= 11 is 0. The molecule has 124 valence electrons. The molecule has 0 N–H and O–H groups in total. The van der Waals surface area contributed by atoms with E-state index in [4.69, 9.17) is 9.97 Å². The van der Waals surface area contributed by atoms with Crippen LogP contribution < -0.4 is 0 Å². The maximum Gasteiger partial charge on any atom is 0.0922 e. The second-order valence-corrected chi connectivity index (χ2v) is 6.87. The van der Waals surface area contributed by atoms with Crippen LogP contribution in [0.2, 0.25) is 0 Å². The average Bonchev–Trinajstić information content (AvgIpc) is 2.67. The van der Waals surface area contributed by atoms with E-state index >= 15 is 0 Å². The van der Waals surface area contributed by atoms with E-state index < -0.39 is 0 Å². The zero-order valence-corrected chi connectivity index (χ0v) is 14.8. The summed E-state index contributed by atoms with van der Waals surface area (Å²) in [7, 11) is 0. The van der Waals surface area contributed by atoms with Crippen LogP contribution in [-0.4, -0.2) is 9.97 Å². The number of aryl methyl sites for hydroxylation is 2. The van der Waals surface area contributed by atoms with Crippen LogP contribution in [0, 0.1) is 13.8 Å². The number of rotatable bonds is 1. The van der Waals surface area contributed by atoms with E-state index in [1.54, 1.807) is 0 Å². The van der Waals surface area contributed by atoms with Gasteiger partial charge in [0.1, 0.15) is 0 Å². The van der Waals surface area contributed by atoms with Gasteiger partial charge < -0.3 is 0 Å². The molecular formula is C24H18N2. The second-order valence-electron chi connectivity index (χ2n) is 6.87. The van der Waals surface area contributed by atoms with Crippen LogP contribution in [0.3, 0.4) is 0 Å². The summed E-state index contributed by atoms with van der Waals surface area (Å²) in [6.07, 6.45) is 0. The number of fused-ring (bicyclic) bond motifs is 4. The molecule has 26 heavy (non-hydrogen) atoms. The van der Waals surface area contributed by atoms with Crippen molar-refractivity contribution in [1.29, 1.82) is 0 Å². The number of hydrogen-bond donors (Lipinski definition) is 0. The molecule has 0 amide bonds. The molecule has 1 heterocycles. The second kappa shape index (κ2) is 5.63. The van der Waals surface area contributed by atoms with E-state index in [0.717, 1.165) is 28.0 Å². The van der Waals surface area contributed by atoms with Gasteiger partial charge in [-0.05, 0) is 59.2 Å². The molecule has 5 rings (SSSR count). The smallest absolute Gasteiger partial charge is 0.0922 e. The van der Waals surface area contributed by atoms with Gasteiger partial charge in [0.25, 0.3) is 0 Å². The molecule has 4 aromatic carbocycles. The first-order valence-corrected chi connectivity index (χ1v) is 8.86. The Balaban J connectivity index is 1.78. The Morgan fingerprint density at radius 2 is 1.38 bits per heavy atom. The first-order chi connectivity index (χ1) is 12.7. The van der Waals surface area contributed by atoms with Gasteiger partial charge in [-0.2, -0.15) is 0 Å². The Bertz CT molecular complexity index is 1300. The first-order valence-electron chi connectivity index (χ1n) is 8.86. The quantitative estimate of drug-likeness (QED) is 0.340. The van der Waals surface area contributed by atoms with Crippen LogP contribution in [-0.2, 0) is 0 Å². The lowest BCUT2D eigenvalue weighted by molar-refractivity contribution is 1.19. The summed E-state index contributed by atoms with van der Waals surface area (Å²) in [5.41, 5.74) is 6.13. The van der Waals surface area contributed by atoms with Gasteiger partial charge in [0.05, 0.1) is 22.4 Å². The molecule has 0 aliphatic carbocycles. The van der Waals surface area contributed by atoms with Crippen LogP contribution >= 0.6 is 0 Å². The van der Waals surface area contributed by atoms with Gasteiger partial charge in [-0.1, -0.05) is 54.6 Å². The monoisotopic (exact) mass is 334 g/mol. The third-order valence-electron chi connectivity index (χ3n) is 5.01. The third-order valence-corrected chi connectivity index (χ3v) is 5.01. The van der Waals surface area contributed by atoms with Crippen molar-refractivity contribution in [3.05, 3.63) is 84.1 Å². The summed E-state index contributed by atoms with van der Waals surface area (Å²) in [4.78, 5) is 9.70. The molecule has 5 aromatic rings. The maximum atomic E-state index is 4.91. The number of hydrogen-bond acceptors (Lipinski definition) is 2. The highest BCUT2D eigenvalue weighted by Gasteiger charge is 2.10. The largest absolute Gasteiger partial charge is 0.249 e. The minimum atomic E-state index is 0.939. The summed E-state index contributed by atoms with van der Waals surface area (Å²) in [5.74, 6) is 0. The normalized spacial score (nSPS) is 11.5. The number of benzene rings is 4. The summed E-state index contributed by atoms with van der Waals surface area (Å²) < 4.78 is 0. The molecule has 0 fully saturated rings. The topological polar surface area (TPSA) is 25.8 Å². The molecular weight excluding hydrogens is 316 g/mol. The van der Waals surface area contributed by atoms with Gasteiger partial charge in [0, 0.05) is 5.56 Å². The molecule has 0 unspecified atom stereocenters. The van der Waals surface area contributed by atoms with E-state index in [2.05, 4.69) is 79.7 Å².